The third-order valence-electron chi connectivity index (χ3n) is 3.02. The zero-order valence-corrected chi connectivity index (χ0v) is 11.6. The molecule has 2 aromatic heterocycles. The number of fused-ring (bicyclic) bond motifs is 1. The Balaban J connectivity index is 1.83. The van der Waals surface area contributed by atoms with Gasteiger partial charge in [-0.05, 0) is 36.4 Å². The number of anilines is 2. The molecule has 7 heteroatoms. The highest BCUT2D eigenvalue weighted by Crippen LogP contribution is 2.15. The van der Waals surface area contributed by atoms with Crippen LogP contribution in [0.5, 0.6) is 0 Å². The lowest BCUT2D eigenvalue weighted by Crippen LogP contribution is -2.01. The molecule has 0 saturated heterocycles. The Hall–Kier alpha value is -3.40. The van der Waals surface area contributed by atoms with Gasteiger partial charge < -0.3 is 10.1 Å². The third kappa shape index (κ3) is 2.58. The molecule has 7 nitrogen and oxygen atoms in total. The minimum absolute atomic E-state index is 0.388. The summed E-state index contributed by atoms with van der Waals surface area (Å²) in [6.07, 6.45) is 1.61. The number of nitrogens with zero attached hydrogens (tertiary/aromatic N) is 4. The zero-order valence-electron chi connectivity index (χ0n) is 11.6. The van der Waals surface area contributed by atoms with E-state index in [-0.39, 0.29) is 5.97 Å². The smallest absolute Gasteiger partial charge is 0.337 e. The molecule has 0 radical (unpaired) electrons. The maximum Gasteiger partial charge on any atom is 0.337 e. The molecule has 0 fully saturated rings. The van der Waals surface area contributed by atoms with Crippen LogP contribution in [0.2, 0.25) is 0 Å². The molecule has 0 atom stereocenters. The van der Waals surface area contributed by atoms with Gasteiger partial charge in [-0.3, -0.25) is 0 Å². The average Bonchev–Trinajstić information content (AvgIpc) is 2.95. The minimum atomic E-state index is -0.388. The van der Waals surface area contributed by atoms with Gasteiger partial charge in [0, 0.05) is 11.9 Å². The largest absolute Gasteiger partial charge is 0.465 e. The molecular weight excluding hydrogens is 282 g/mol. The molecule has 0 unspecified atom stereocenters. The average molecular weight is 293 g/mol. The molecule has 1 aromatic carbocycles. The van der Waals surface area contributed by atoms with Crippen LogP contribution in [0.3, 0.4) is 0 Å². The van der Waals surface area contributed by atoms with Crippen LogP contribution in [-0.4, -0.2) is 27.7 Å². The van der Waals surface area contributed by atoms with E-state index in [1.165, 1.54) is 11.6 Å². The van der Waals surface area contributed by atoms with Gasteiger partial charge in [0.15, 0.2) is 5.65 Å². The first-order valence-corrected chi connectivity index (χ1v) is 6.41. The number of nitrogens with one attached hydrogen (secondary N) is 1. The van der Waals surface area contributed by atoms with E-state index in [1.807, 2.05) is 6.07 Å². The highest BCUT2D eigenvalue weighted by Gasteiger charge is 2.07. The van der Waals surface area contributed by atoms with Crippen LogP contribution in [0.15, 0.2) is 42.6 Å². The summed E-state index contributed by atoms with van der Waals surface area (Å²) in [5.41, 5.74) is 2.35. The van der Waals surface area contributed by atoms with Crippen LogP contribution in [-0.2, 0) is 4.74 Å². The summed E-state index contributed by atoms with van der Waals surface area (Å²) in [7, 11) is 1.34. The number of aromatic nitrogens is 3. The second-order valence-electron chi connectivity index (χ2n) is 4.46. The summed E-state index contributed by atoms with van der Waals surface area (Å²) in [5, 5.41) is 16.1. The Bertz CT molecular complexity index is 877. The molecule has 0 bridgehead atoms. The number of ether oxygens (including phenoxy) is 1. The third-order valence-corrected chi connectivity index (χ3v) is 3.02. The fourth-order valence-electron chi connectivity index (χ4n) is 1.94. The lowest BCUT2D eigenvalue weighted by atomic mass is 10.2. The first kappa shape index (κ1) is 13.6. The van der Waals surface area contributed by atoms with E-state index in [1.54, 1.807) is 42.6 Å². The summed E-state index contributed by atoms with van der Waals surface area (Å²) in [6.45, 7) is 0. The molecule has 0 aliphatic heterocycles. The van der Waals surface area contributed by atoms with E-state index < -0.39 is 0 Å². The van der Waals surface area contributed by atoms with E-state index in [9.17, 15) is 4.79 Å². The standard InChI is InChI=1S/C15H11N5O2/c1-22-14(21)11-3-5-12(6-4-11)17-15-18-13-7-2-10(8-16)9-20(13)19-15/h2-7,9H,1H3,(H,17,19). The fourth-order valence-corrected chi connectivity index (χ4v) is 1.94. The van der Waals surface area contributed by atoms with Crippen molar-refractivity contribution in [3.8, 4) is 6.07 Å². The first-order valence-electron chi connectivity index (χ1n) is 6.41. The Morgan fingerprint density at radius 1 is 1.27 bits per heavy atom. The predicted octanol–water partition coefficient (Wildman–Crippen LogP) is 2.13. The van der Waals surface area contributed by atoms with Gasteiger partial charge in [-0.2, -0.15) is 10.2 Å². The van der Waals surface area contributed by atoms with Crippen molar-refractivity contribution in [2.45, 2.75) is 0 Å². The molecule has 0 spiro atoms. The van der Waals surface area contributed by atoms with Crippen molar-refractivity contribution in [3.63, 3.8) is 0 Å². The van der Waals surface area contributed by atoms with E-state index >= 15 is 0 Å². The topological polar surface area (TPSA) is 92.3 Å². The highest BCUT2D eigenvalue weighted by molar-refractivity contribution is 5.89. The minimum Gasteiger partial charge on any atom is -0.465 e. The quantitative estimate of drug-likeness (QED) is 0.744. The van der Waals surface area contributed by atoms with Crippen LogP contribution in [0, 0.1) is 11.3 Å². The van der Waals surface area contributed by atoms with Crippen molar-refractivity contribution in [3.05, 3.63) is 53.7 Å². The van der Waals surface area contributed by atoms with Crippen LogP contribution in [0.1, 0.15) is 15.9 Å². The molecule has 0 aliphatic rings. The van der Waals surface area contributed by atoms with Crippen molar-refractivity contribution in [1.82, 2.24) is 14.6 Å². The van der Waals surface area contributed by atoms with E-state index in [4.69, 9.17) is 5.26 Å². The summed E-state index contributed by atoms with van der Waals surface area (Å²) in [4.78, 5) is 15.7. The van der Waals surface area contributed by atoms with Crippen LogP contribution in [0.4, 0.5) is 11.6 Å². The molecule has 1 N–H and O–H groups in total. The number of hydrogen-bond acceptors (Lipinski definition) is 6. The van der Waals surface area contributed by atoms with Gasteiger partial charge in [-0.25, -0.2) is 9.31 Å². The number of methoxy groups -OCH3 is 1. The number of nitriles is 1. The SMILES string of the molecule is COC(=O)c1ccc(Nc2nc3ccc(C#N)cn3n2)cc1. The first-order chi connectivity index (χ1) is 10.7. The number of pyridine rings is 1. The summed E-state index contributed by atoms with van der Waals surface area (Å²) >= 11 is 0. The normalized spacial score (nSPS) is 10.2. The number of esters is 1. The summed E-state index contributed by atoms with van der Waals surface area (Å²) in [5.74, 6) is 0.0161. The van der Waals surface area contributed by atoms with Gasteiger partial charge in [0.05, 0.1) is 18.2 Å². The van der Waals surface area contributed by atoms with Crippen molar-refractivity contribution >= 4 is 23.3 Å². The molecule has 22 heavy (non-hydrogen) atoms. The van der Waals surface area contributed by atoms with Gasteiger partial charge in [-0.1, -0.05) is 0 Å². The van der Waals surface area contributed by atoms with Crippen LogP contribution in [0.25, 0.3) is 5.65 Å². The molecular formula is C15H11N5O2. The molecule has 108 valence electrons. The monoisotopic (exact) mass is 293 g/mol. The van der Waals surface area contributed by atoms with Crippen LogP contribution >= 0.6 is 0 Å². The fraction of sp³-hybridized carbons (Fsp3) is 0.0667. The van der Waals surface area contributed by atoms with Gasteiger partial charge in [0.2, 0.25) is 5.95 Å². The maximum atomic E-state index is 11.4. The predicted molar refractivity (Wildman–Crippen MR) is 78.8 cm³/mol. The number of benzene rings is 1. The Morgan fingerprint density at radius 2 is 2.05 bits per heavy atom. The molecule has 3 aromatic rings. The lowest BCUT2D eigenvalue weighted by Gasteiger charge is -2.03. The van der Waals surface area contributed by atoms with E-state index in [2.05, 4.69) is 20.1 Å². The number of carbonyl (C=O) groups is 1. The van der Waals surface area contributed by atoms with Gasteiger partial charge >= 0.3 is 5.97 Å². The number of carbonyl (C=O) groups excluding carboxylic acids is 1. The van der Waals surface area contributed by atoms with Gasteiger partial charge in [-0.15, -0.1) is 5.10 Å². The molecule has 2 heterocycles. The molecule has 0 amide bonds. The van der Waals surface area contributed by atoms with E-state index in [0.717, 1.165) is 5.69 Å². The Labute approximate surface area is 125 Å². The van der Waals surface area contributed by atoms with Crippen molar-refractivity contribution in [2.24, 2.45) is 0 Å². The van der Waals surface area contributed by atoms with Crippen molar-refractivity contribution < 1.29 is 9.53 Å². The summed E-state index contributed by atoms with van der Waals surface area (Å²) in [6, 6.07) is 12.2. The molecule has 0 saturated carbocycles. The second kappa shape index (κ2) is 5.54. The summed E-state index contributed by atoms with van der Waals surface area (Å²) < 4.78 is 6.17. The highest BCUT2D eigenvalue weighted by atomic mass is 16.5. The zero-order chi connectivity index (χ0) is 15.5. The lowest BCUT2D eigenvalue weighted by molar-refractivity contribution is 0.0601. The number of hydrogen-bond donors (Lipinski definition) is 1. The Morgan fingerprint density at radius 3 is 2.73 bits per heavy atom. The number of rotatable bonds is 3. The molecule has 0 aliphatic carbocycles. The van der Waals surface area contributed by atoms with E-state index in [0.29, 0.717) is 22.7 Å². The second-order valence-corrected chi connectivity index (χ2v) is 4.46. The maximum absolute atomic E-state index is 11.4. The van der Waals surface area contributed by atoms with Crippen molar-refractivity contribution in [2.75, 3.05) is 12.4 Å². The van der Waals surface area contributed by atoms with Gasteiger partial charge in [0.25, 0.3) is 0 Å². The Kier molecular flexibility index (Phi) is 3.42. The van der Waals surface area contributed by atoms with Gasteiger partial charge in [0.1, 0.15) is 6.07 Å². The molecule has 3 rings (SSSR count). The van der Waals surface area contributed by atoms with Crippen LogP contribution < -0.4 is 5.32 Å². The van der Waals surface area contributed by atoms with Crippen molar-refractivity contribution in [1.29, 1.82) is 5.26 Å².